The maximum absolute atomic E-state index is 9.48. The lowest BCUT2D eigenvalue weighted by Crippen LogP contribution is -2.47. The van der Waals surface area contributed by atoms with E-state index in [4.69, 9.17) is 0 Å². The van der Waals surface area contributed by atoms with E-state index in [1.165, 1.54) is 0 Å². The summed E-state index contributed by atoms with van der Waals surface area (Å²) in [5, 5.41) is 12.8. The van der Waals surface area contributed by atoms with Crippen LogP contribution >= 0.6 is 12.4 Å². The largest absolute Gasteiger partial charge is 0.391 e. The molecule has 2 atom stereocenters. The van der Waals surface area contributed by atoms with Gasteiger partial charge in [0.2, 0.25) is 0 Å². The van der Waals surface area contributed by atoms with Crippen LogP contribution in [0.15, 0.2) is 0 Å². The molecular formula is C8H18ClNO. The first-order valence-electron chi connectivity index (χ1n) is 4.13. The molecule has 1 aliphatic heterocycles. The van der Waals surface area contributed by atoms with E-state index in [0.29, 0.717) is 12.0 Å². The van der Waals surface area contributed by atoms with E-state index < -0.39 is 0 Å². The molecule has 0 amide bonds. The molecule has 0 aromatic rings. The van der Waals surface area contributed by atoms with Gasteiger partial charge in [-0.05, 0) is 25.3 Å². The van der Waals surface area contributed by atoms with Crippen molar-refractivity contribution in [3.63, 3.8) is 0 Å². The van der Waals surface area contributed by atoms with Crippen molar-refractivity contribution < 1.29 is 5.11 Å². The Hall–Kier alpha value is 0.210. The SMILES string of the molecule is CC(C)C1NCCCC1O.Cl. The third-order valence-electron chi connectivity index (χ3n) is 2.19. The standard InChI is InChI=1S/C8H17NO.ClH/c1-6(2)8-7(10)4-3-5-9-8;/h6-10H,3-5H2,1-2H3;1H. The second kappa shape index (κ2) is 4.96. The van der Waals surface area contributed by atoms with Crippen molar-refractivity contribution in [2.75, 3.05) is 6.54 Å². The highest BCUT2D eigenvalue weighted by Crippen LogP contribution is 2.14. The summed E-state index contributed by atoms with van der Waals surface area (Å²) in [5.41, 5.74) is 0. The van der Waals surface area contributed by atoms with E-state index in [0.717, 1.165) is 19.4 Å². The summed E-state index contributed by atoms with van der Waals surface area (Å²) in [4.78, 5) is 0. The number of hydrogen-bond acceptors (Lipinski definition) is 2. The predicted molar refractivity (Wildman–Crippen MR) is 49.1 cm³/mol. The van der Waals surface area contributed by atoms with Gasteiger partial charge in [0.1, 0.15) is 0 Å². The van der Waals surface area contributed by atoms with Gasteiger partial charge in [-0.15, -0.1) is 12.4 Å². The monoisotopic (exact) mass is 179 g/mol. The summed E-state index contributed by atoms with van der Waals surface area (Å²) in [6.07, 6.45) is 1.97. The van der Waals surface area contributed by atoms with Crippen LogP contribution in [0, 0.1) is 5.92 Å². The van der Waals surface area contributed by atoms with E-state index in [9.17, 15) is 5.11 Å². The summed E-state index contributed by atoms with van der Waals surface area (Å²) < 4.78 is 0. The van der Waals surface area contributed by atoms with Gasteiger partial charge in [-0.3, -0.25) is 0 Å². The van der Waals surface area contributed by atoms with Crippen LogP contribution < -0.4 is 5.32 Å². The maximum atomic E-state index is 9.48. The zero-order chi connectivity index (χ0) is 7.56. The van der Waals surface area contributed by atoms with Crippen LogP contribution in [-0.4, -0.2) is 23.8 Å². The highest BCUT2D eigenvalue weighted by atomic mass is 35.5. The Balaban J connectivity index is 0.000001000. The van der Waals surface area contributed by atoms with Crippen molar-refractivity contribution >= 4 is 12.4 Å². The van der Waals surface area contributed by atoms with Gasteiger partial charge in [0.25, 0.3) is 0 Å². The molecule has 1 saturated heterocycles. The summed E-state index contributed by atoms with van der Waals surface area (Å²) in [6, 6.07) is 0.328. The quantitative estimate of drug-likeness (QED) is 0.634. The Morgan fingerprint density at radius 2 is 2.09 bits per heavy atom. The molecule has 0 saturated carbocycles. The van der Waals surface area contributed by atoms with Gasteiger partial charge >= 0.3 is 0 Å². The third kappa shape index (κ3) is 2.97. The highest BCUT2D eigenvalue weighted by molar-refractivity contribution is 5.85. The summed E-state index contributed by atoms with van der Waals surface area (Å²) in [6.45, 7) is 5.36. The molecule has 0 aliphatic carbocycles. The lowest BCUT2D eigenvalue weighted by Gasteiger charge is -2.31. The molecule has 0 bridgehead atoms. The molecule has 11 heavy (non-hydrogen) atoms. The van der Waals surface area contributed by atoms with E-state index in [1.54, 1.807) is 0 Å². The van der Waals surface area contributed by atoms with E-state index in [2.05, 4.69) is 19.2 Å². The lowest BCUT2D eigenvalue weighted by molar-refractivity contribution is 0.0758. The summed E-state index contributed by atoms with van der Waals surface area (Å²) >= 11 is 0. The first kappa shape index (κ1) is 11.2. The predicted octanol–water partition coefficient (Wildman–Crippen LogP) is 1.18. The van der Waals surface area contributed by atoms with Gasteiger partial charge in [-0.25, -0.2) is 0 Å². The second-order valence-corrected chi connectivity index (χ2v) is 3.43. The molecule has 0 aromatic carbocycles. The zero-order valence-corrected chi connectivity index (χ0v) is 8.03. The first-order valence-corrected chi connectivity index (χ1v) is 4.13. The van der Waals surface area contributed by atoms with Crippen molar-refractivity contribution in [2.24, 2.45) is 5.92 Å². The van der Waals surface area contributed by atoms with Crippen LogP contribution in [-0.2, 0) is 0 Å². The second-order valence-electron chi connectivity index (χ2n) is 3.43. The zero-order valence-electron chi connectivity index (χ0n) is 7.21. The average molecular weight is 180 g/mol. The van der Waals surface area contributed by atoms with Crippen molar-refractivity contribution in [3.05, 3.63) is 0 Å². The highest BCUT2D eigenvalue weighted by Gasteiger charge is 2.24. The normalized spacial score (nSPS) is 31.6. The molecule has 1 fully saturated rings. The van der Waals surface area contributed by atoms with E-state index in [-0.39, 0.29) is 18.5 Å². The van der Waals surface area contributed by atoms with Crippen molar-refractivity contribution in [1.82, 2.24) is 5.32 Å². The molecule has 0 spiro atoms. The van der Waals surface area contributed by atoms with E-state index >= 15 is 0 Å². The molecule has 0 aromatic heterocycles. The van der Waals surface area contributed by atoms with Crippen LogP contribution in [0.2, 0.25) is 0 Å². The minimum atomic E-state index is -0.117. The number of rotatable bonds is 1. The number of piperidine rings is 1. The fraction of sp³-hybridized carbons (Fsp3) is 1.00. The molecule has 68 valence electrons. The fourth-order valence-electron chi connectivity index (χ4n) is 1.58. The minimum Gasteiger partial charge on any atom is -0.391 e. The average Bonchev–Trinajstić information content (AvgIpc) is 1.88. The molecule has 2 N–H and O–H groups in total. The van der Waals surface area contributed by atoms with Gasteiger partial charge in [0.15, 0.2) is 0 Å². The van der Waals surface area contributed by atoms with Crippen molar-refractivity contribution in [2.45, 2.75) is 38.8 Å². The Morgan fingerprint density at radius 1 is 1.45 bits per heavy atom. The number of hydrogen-bond donors (Lipinski definition) is 2. The molecule has 1 heterocycles. The molecule has 2 nitrogen and oxygen atoms in total. The van der Waals surface area contributed by atoms with Crippen LogP contribution in [0.25, 0.3) is 0 Å². The van der Waals surface area contributed by atoms with Crippen molar-refractivity contribution in [1.29, 1.82) is 0 Å². The molecule has 3 heteroatoms. The van der Waals surface area contributed by atoms with Gasteiger partial charge in [0.05, 0.1) is 6.10 Å². The van der Waals surface area contributed by atoms with E-state index in [1.807, 2.05) is 0 Å². The Bertz CT molecular complexity index is 108. The van der Waals surface area contributed by atoms with Crippen LogP contribution in [0.1, 0.15) is 26.7 Å². The van der Waals surface area contributed by atoms with Crippen molar-refractivity contribution in [3.8, 4) is 0 Å². The molecule has 0 radical (unpaired) electrons. The van der Waals surface area contributed by atoms with Crippen LogP contribution in [0.5, 0.6) is 0 Å². The molecular weight excluding hydrogens is 162 g/mol. The Morgan fingerprint density at radius 3 is 2.45 bits per heavy atom. The molecule has 1 aliphatic rings. The van der Waals surface area contributed by atoms with Gasteiger partial charge in [-0.1, -0.05) is 13.8 Å². The van der Waals surface area contributed by atoms with Gasteiger partial charge in [0, 0.05) is 6.04 Å². The summed E-state index contributed by atoms with van der Waals surface area (Å²) in [7, 11) is 0. The maximum Gasteiger partial charge on any atom is 0.0696 e. The minimum absolute atomic E-state index is 0. The fourth-order valence-corrected chi connectivity index (χ4v) is 1.58. The Labute approximate surface area is 74.8 Å². The van der Waals surface area contributed by atoms with Crippen LogP contribution in [0.4, 0.5) is 0 Å². The van der Waals surface area contributed by atoms with Gasteiger partial charge in [-0.2, -0.15) is 0 Å². The molecule has 2 unspecified atom stereocenters. The topological polar surface area (TPSA) is 32.3 Å². The smallest absolute Gasteiger partial charge is 0.0696 e. The lowest BCUT2D eigenvalue weighted by atomic mass is 9.92. The number of aliphatic hydroxyl groups is 1. The van der Waals surface area contributed by atoms with Gasteiger partial charge < -0.3 is 10.4 Å². The number of nitrogens with one attached hydrogen (secondary N) is 1. The first-order chi connectivity index (χ1) is 4.72. The Kier molecular flexibility index (Phi) is 5.06. The molecule has 1 rings (SSSR count). The number of aliphatic hydroxyl groups excluding tert-OH is 1. The van der Waals surface area contributed by atoms with Crippen LogP contribution in [0.3, 0.4) is 0 Å². The third-order valence-corrected chi connectivity index (χ3v) is 2.19. The summed E-state index contributed by atoms with van der Waals surface area (Å²) in [5.74, 6) is 0.551. The number of halogens is 1.